The van der Waals surface area contributed by atoms with Crippen LogP contribution >= 0.6 is 0 Å². The number of carbonyl (C=O) groups excluding carboxylic acids is 1. The van der Waals surface area contributed by atoms with Gasteiger partial charge < -0.3 is 9.47 Å². The number of methoxy groups -OCH3 is 1. The monoisotopic (exact) mass is 212 g/mol. The summed E-state index contributed by atoms with van der Waals surface area (Å²) in [5, 5.41) is 0. The van der Waals surface area contributed by atoms with E-state index in [1.165, 1.54) is 26.2 Å². The first-order valence-corrected chi connectivity index (χ1v) is 4.62. The molecule has 0 aliphatic rings. The van der Waals surface area contributed by atoms with Crippen LogP contribution in [0, 0.1) is 12.7 Å². The lowest BCUT2D eigenvalue weighted by Crippen LogP contribution is -2.09. The SMILES string of the molecule is CCOc1ccc(F)c(C)c1C(=O)OC. The van der Waals surface area contributed by atoms with E-state index in [-0.39, 0.29) is 11.1 Å². The minimum absolute atomic E-state index is 0.152. The maximum absolute atomic E-state index is 13.2. The van der Waals surface area contributed by atoms with Gasteiger partial charge in [0.2, 0.25) is 0 Å². The second-order valence-corrected chi connectivity index (χ2v) is 2.97. The molecule has 0 fully saturated rings. The van der Waals surface area contributed by atoms with Crippen LogP contribution in [0.4, 0.5) is 4.39 Å². The average molecular weight is 212 g/mol. The molecule has 0 saturated carbocycles. The van der Waals surface area contributed by atoms with Crippen molar-refractivity contribution < 1.29 is 18.7 Å². The van der Waals surface area contributed by atoms with Crippen LogP contribution in [0.5, 0.6) is 5.75 Å². The van der Waals surface area contributed by atoms with Crippen molar-refractivity contribution in [1.82, 2.24) is 0 Å². The van der Waals surface area contributed by atoms with Crippen LogP contribution in [0.2, 0.25) is 0 Å². The van der Waals surface area contributed by atoms with E-state index < -0.39 is 11.8 Å². The molecular weight excluding hydrogens is 199 g/mol. The van der Waals surface area contributed by atoms with Crippen molar-refractivity contribution >= 4 is 5.97 Å². The minimum Gasteiger partial charge on any atom is -0.493 e. The zero-order valence-corrected chi connectivity index (χ0v) is 8.96. The highest BCUT2D eigenvalue weighted by Crippen LogP contribution is 2.25. The molecule has 1 aromatic carbocycles. The van der Waals surface area contributed by atoms with Crippen LogP contribution in [0.25, 0.3) is 0 Å². The first kappa shape index (κ1) is 11.5. The summed E-state index contributed by atoms with van der Waals surface area (Å²) >= 11 is 0. The molecule has 0 unspecified atom stereocenters. The van der Waals surface area contributed by atoms with E-state index in [0.29, 0.717) is 12.4 Å². The summed E-state index contributed by atoms with van der Waals surface area (Å²) in [5.74, 6) is -0.683. The molecule has 82 valence electrons. The number of ether oxygens (including phenoxy) is 2. The van der Waals surface area contributed by atoms with Gasteiger partial charge in [0, 0.05) is 5.56 Å². The molecule has 0 amide bonds. The maximum atomic E-state index is 13.2. The molecule has 3 nitrogen and oxygen atoms in total. The molecule has 1 rings (SSSR count). The van der Waals surface area contributed by atoms with Gasteiger partial charge in [0.05, 0.1) is 13.7 Å². The van der Waals surface area contributed by atoms with Gasteiger partial charge in [-0.1, -0.05) is 0 Å². The number of carbonyl (C=O) groups is 1. The van der Waals surface area contributed by atoms with Crippen LogP contribution in [0.15, 0.2) is 12.1 Å². The Morgan fingerprint density at radius 2 is 2.13 bits per heavy atom. The summed E-state index contributed by atoms with van der Waals surface area (Å²) in [6.07, 6.45) is 0. The van der Waals surface area contributed by atoms with Crippen molar-refractivity contribution in [2.45, 2.75) is 13.8 Å². The Balaban J connectivity index is 3.28. The summed E-state index contributed by atoms with van der Waals surface area (Å²) in [5.41, 5.74) is 0.396. The Bertz CT molecular complexity index is 374. The average Bonchev–Trinajstić information content (AvgIpc) is 2.23. The molecular formula is C11H13FO3. The van der Waals surface area contributed by atoms with E-state index in [9.17, 15) is 9.18 Å². The molecule has 1 aromatic rings. The van der Waals surface area contributed by atoms with Gasteiger partial charge >= 0.3 is 5.97 Å². The Labute approximate surface area is 87.8 Å². The van der Waals surface area contributed by atoms with Gasteiger partial charge in [-0.15, -0.1) is 0 Å². The van der Waals surface area contributed by atoms with Crippen molar-refractivity contribution in [3.63, 3.8) is 0 Å². The molecule has 0 aromatic heterocycles. The van der Waals surface area contributed by atoms with Crippen LogP contribution < -0.4 is 4.74 Å². The summed E-state index contributed by atoms with van der Waals surface area (Å²) in [6, 6.07) is 2.70. The van der Waals surface area contributed by atoms with Gasteiger partial charge in [0.1, 0.15) is 17.1 Å². The first-order chi connectivity index (χ1) is 7.11. The predicted molar refractivity (Wildman–Crippen MR) is 53.6 cm³/mol. The zero-order valence-electron chi connectivity index (χ0n) is 8.96. The molecule has 15 heavy (non-hydrogen) atoms. The van der Waals surface area contributed by atoms with Crippen LogP contribution in [-0.4, -0.2) is 19.7 Å². The highest BCUT2D eigenvalue weighted by atomic mass is 19.1. The van der Waals surface area contributed by atoms with E-state index >= 15 is 0 Å². The van der Waals surface area contributed by atoms with Gasteiger partial charge in [-0.3, -0.25) is 0 Å². The Morgan fingerprint density at radius 3 is 2.67 bits per heavy atom. The van der Waals surface area contributed by atoms with E-state index in [0.717, 1.165) is 0 Å². The summed E-state index contributed by atoms with van der Waals surface area (Å²) in [6.45, 7) is 3.72. The molecule has 0 radical (unpaired) electrons. The van der Waals surface area contributed by atoms with Gasteiger partial charge in [-0.05, 0) is 26.0 Å². The Hall–Kier alpha value is -1.58. The van der Waals surface area contributed by atoms with Crippen molar-refractivity contribution in [3.8, 4) is 5.75 Å². The minimum atomic E-state index is -0.588. The van der Waals surface area contributed by atoms with Gasteiger partial charge in [0.15, 0.2) is 0 Å². The van der Waals surface area contributed by atoms with Crippen molar-refractivity contribution in [2.24, 2.45) is 0 Å². The fraction of sp³-hybridized carbons (Fsp3) is 0.364. The third-order valence-electron chi connectivity index (χ3n) is 2.05. The summed E-state index contributed by atoms with van der Waals surface area (Å²) in [7, 11) is 1.25. The largest absolute Gasteiger partial charge is 0.493 e. The van der Waals surface area contributed by atoms with Crippen LogP contribution in [0.3, 0.4) is 0 Å². The highest BCUT2D eigenvalue weighted by Gasteiger charge is 2.18. The molecule has 0 aliphatic heterocycles. The Morgan fingerprint density at radius 1 is 1.47 bits per heavy atom. The predicted octanol–water partition coefficient (Wildman–Crippen LogP) is 2.32. The van der Waals surface area contributed by atoms with Crippen LogP contribution in [0.1, 0.15) is 22.8 Å². The molecule has 0 heterocycles. The highest BCUT2D eigenvalue weighted by molar-refractivity contribution is 5.94. The normalized spacial score (nSPS) is 9.87. The topological polar surface area (TPSA) is 35.5 Å². The second kappa shape index (κ2) is 4.77. The Kier molecular flexibility index (Phi) is 3.66. The van der Waals surface area contributed by atoms with Crippen LogP contribution in [-0.2, 0) is 4.74 Å². The van der Waals surface area contributed by atoms with E-state index in [1.807, 2.05) is 0 Å². The molecule has 0 spiro atoms. The van der Waals surface area contributed by atoms with Crippen molar-refractivity contribution in [2.75, 3.05) is 13.7 Å². The van der Waals surface area contributed by atoms with Crippen molar-refractivity contribution in [1.29, 1.82) is 0 Å². The number of esters is 1. The second-order valence-electron chi connectivity index (χ2n) is 2.97. The number of hydrogen-bond donors (Lipinski definition) is 0. The maximum Gasteiger partial charge on any atom is 0.342 e. The number of hydrogen-bond acceptors (Lipinski definition) is 3. The number of benzene rings is 1. The first-order valence-electron chi connectivity index (χ1n) is 4.62. The number of halogens is 1. The lowest BCUT2D eigenvalue weighted by molar-refractivity contribution is 0.0594. The van der Waals surface area contributed by atoms with Gasteiger partial charge in [-0.2, -0.15) is 0 Å². The smallest absolute Gasteiger partial charge is 0.342 e. The molecule has 0 atom stereocenters. The molecule has 0 N–H and O–H groups in total. The lowest BCUT2D eigenvalue weighted by Gasteiger charge is -2.11. The lowest BCUT2D eigenvalue weighted by atomic mass is 10.1. The van der Waals surface area contributed by atoms with Gasteiger partial charge in [0.25, 0.3) is 0 Å². The fourth-order valence-corrected chi connectivity index (χ4v) is 1.29. The molecule has 0 aliphatic carbocycles. The van der Waals surface area contributed by atoms with E-state index in [1.54, 1.807) is 6.92 Å². The molecule has 0 saturated heterocycles. The summed E-state index contributed by atoms with van der Waals surface area (Å²) in [4.78, 5) is 11.4. The zero-order chi connectivity index (χ0) is 11.4. The quantitative estimate of drug-likeness (QED) is 0.721. The van der Waals surface area contributed by atoms with Crippen molar-refractivity contribution in [3.05, 3.63) is 29.1 Å². The standard InChI is InChI=1S/C11H13FO3/c1-4-15-9-6-5-8(12)7(2)10(9)11(13)14-3/h5-6H,4H2,1-3H3. The molecule has 4 heteroatoms. The molecule has 0 bridgehead atoms. The van der Waals surface area contributed by atoms with Gasteiger partial charge in [-0.25, -0.2) is 9.18 Å². The third-order valence-corrected chi connectivity index (χ3v) is 2.05. The third kappa shape index (κ3) is 2.26. The number of rotatable bonds is 3. The van der Waals surface area contributed by atoms with E-state index in [4.69, 9.17) is 4.74 Å². The fourth-order valence-electron chi connectivity index (χ4n) is 1.29. The summed E-state index contributed by atoms with van der Waals surface area (Å²) < 4.78 is 23.0. The van der Waals surface area contributed by atoms with E-state index in [2.05, 4.69) is 4.74 Å².